The highest BCUT2D eigenvalue weighted by Crippen LogP contribution is 2.26. The molecule has 1 unspecified atom stereocenters. The van der Waals surface area contributed by atoms with Gasteiger partial charge in [-0.25, -0.2) is 4.79 Å². The predicted octanol–water partition coefficient (Wildman–Crippen LogP) is 4.06. The average Bonchev–Trinajstić information content (AvgIpc) is 2.70. The van der Waals surface area contributed by atoms with E-state index in [4.69, 9.17) is 27.9 Å². The maximum absolute atomic E-state index is 12.7. The summed E-state index contributed by atoms with van der Waals surface area (Å²) in [5, 5.41) is 1.21. The molecule has 1 heterocycles. The molecule has 0 aromatic heterocycles. The van der Waals surface area contributed by atoms with E-state index in [2.05, 4.69) is 0 Å². The summed E-state index contributed by atoms with van der Waals surface area (Å²) in [6.45, 7) is 4.32. The SMILES string of the molecule is CCOC(=O)C(c1ccc(Cl)cc1)N1CCN(C(=O)c2ccc(Cl)cc2)CC1. The summed E-state index contributed by atoms with van der Waals surface area (Å²) in [7, 11) is 0. The number of piperazine rings is 1. The Bertz CT molecular complexity index is 817. The number of amides is 1. The zero-order valence-electron chi connectivity index (χ0n) is 15.6. The number of hydrogen-bond acceptors (Lipinski definition) is 4. The molecule has 0 aliphatic carbocycles. The number of rotatable bonds is 5. The number of benzene rings is 2. The Kier molecular flexibility index (Phi) is 6.94. The van der Waals surface area contributed by atoms with Gasteiger partial charge in [-0.1, -0.05) is 35.3 Å². The Morgan fingerprint density at radius 2 is 1.46 bits per heavy atom. The number of carbonyl (C=O) groups is 2. The standard InChI is InChI=1S/C21H22Cl2N2O3/c1-2-28-21(27)19(15-3-7-17(22)8-4-15)24-11-13-25(14-12-24)20(26)16-5-9-18(23)10-6-16/h3-10,19H,2,11-14H2,1H3. The highest BCUT2D eigenvalue weighted by Gasteiger charge is 2.32. The van der Waals surface area contributed by atoms with Crippen LogP contribution in [-0.2, 0) is 9.53 Å². The Morgan fingerprint density at radius 1 is 0.929 bits per heavy atom. The summed E-state index contributed by atoms with van der Waals surface area (Å²) >= 11 is 11.9. The Morgan fingerprint density at radius 3 is 2.00 bits per heavy atom. The van der Waals surface area contributed by atoms with Crippen LogP contribution in [0.4, 0.5) is 0 Å². The molecule has 0 saturated carbocycles. The van der Waals surface area contributed by atoms with Gasteiger partial charge in [0.15, 0.2) is 0 Å². The van der Waals surface area contributed by atoms with E-state index in [0.29, 0.717) is 48.4 Å². The van der Waals surface area contributed by atoms with Crippen molar-refractivity contribution < 1.29 is 14.3 Å². The topological polar surface area (TPSA) is 49.9 Å². The third-order valence-electron chi connectivity index (χ3n) is 4.75. The Hall–Kier alpha value is -2.08. The van der Waals surface area contributed by atoms with Crippen LogP contribution in [-0.4, -0.2) is 54.5 Å². The monoisotopic (exact) mass is 420 g/mol. The largest absolute Gasteiger partial charge is 0.465 e. The average molecular weight is 421 g/mol. The molecule has 2 aromatic carbocycles. The van der Waals surface area contributed by atoms with Crippen molar-refractivity contribution in [1.82, 2.24) is 9.80 Å². The molecule has 148 valence electrons. The van der Waals surface area contributed by atoms with Crippen LogP contribution < -0.4 is 0 Å². The lowest BCUT2D eigenvalue weighted by Gasteiger charge is -2.38. The molecule has 2 aromatic rings. The zero-order valence-corrected chi connectivity index (χ0v) is 17.1. The minimum Gasteiger partial charge on any atom is -0.465 e. The summed E-state index contributed by atoms with van der Waals surface area (Å²) in [6.07, 6.45) is 0. The number of ether oxygens (including phenoxy) is 1. The fraction of sp³-hybridized carbons (Fsp3) is 0.333. The molecular formula is C21H22Cl2N2O3. The number of hydrogen-bond donors (Lipinski definition) is 0. The third-order valence-corrected chi connectivity index (χ3v) is 5.26. The maximum Gasteiger partial charge on any atom is 0.328 e. The van der Waals surface area contributed by atoms with E-state index in [9.17, 15) is 9.59 Å². The molecule has 5 nitrogen and oxygen atoms in total. The van der Waals surface area contributed by atoms with Crippen LogP contribution in [0.3, 0.4) is 0 Å². The first kappa shape index (κ1) is 20.6. The predicted molar refractivity (Wildman–Crippen MR) is 110 cm³/mol. The third kappa shape index (κ3) is 4.85. The molecule has 28 heavy (non-hydrogen) atoms. The van der Waals surface area contributed by atoms with Gasteiger partial charge in [0.1, 0.15) is 6.04 Å². The van der Waals surface area contributed by atoms with Gasteiger partial charge >= 0.3 is 5.97 Å². The van der Waals surface area contributed by atoms with Crippen molar-refractivity contribution >= 4 is 35.1 Å². The minimum atomic E-state index is -0.509. The van der Waals surface area contributed by atoms with E-state index in [1.807, 2.05) is 17.0 Å². The first-order valence-corrected chi connectivity index (χ1v) is 9.96. The zero-order chi connectivity index (χ0) is 20.1. The second-order valence-electron chi connectivity index (χ2n) is 6.54. The quantitative estimate of drug-likeness (QED) is 0.684. The first-order valence-electron chi connectivity index (χ1n) is 9.20. The molecule has 1 fully saturated rings. The lowest BCUT2D eigenvalue weighted by Crippen LogP contribution is -2.51. The van der Waals surface area contributed by atoms with Crippen LogP contribution in [0.2, 0.25) is 10.0 Å². The van der Waals surface area contributed by atoms with Crippen molar-refractivity contribution in [2.75, 3.05) is 32.8 Å². The van der Waals surface area contributed by atoms with Crippen LogP contribution in [0.1, 0.15) is 28.9 Å². The molecule has 0 bridgehead atoms. The molecule has 3 rings (SSSR count). The fourth-order valence-electron chi connectivity index (χ4n) is 3.32. The second-order valence-corrected chi connectivity index (χ2v) is 7.41. The minimum absolute atomic E-state index is 0.0319. The molecule has 1 aliphatic rings. The van der Waals surface area contributed by atoms with Crippen molar-refractivity contribution in [3.05, 3.63) is 69.7 Å². The van der Waals surface area contributed by atoms with Gasteiger partial charge < -0.3 is 9.64 Å². The summed E-state index contributed by atoms with van der Waals surface area (Å²) in [4.78, 5) is 29.1. The molecule has 1 saturated heterocycles. The normalized spacial score (nSPS) is 15.9. The van der Waals surface area contributed by atoms with E-state index in [0.717, 1.165) is 5.56 Å². The number of carbonyl (C=O) groups excluding carboxylic acids is 2. The van der Waals surface area contributed by atoms with Crippen molar-refractivity contribution in [3.8, 4) is 0 Å². The van der Waals surface area contributed by atoms with Gasteiger partial charge in [-0.3, -0.25) is 9.69 Å². The van der Waals surface area contributed by atoms with Crippen LogP contribution in [0.25, 0.3) is 0 Å². The molecule has 7 heteroatoms. The Labute approximate surface area is 174 Å². The molecule has 0 radical (unpaired) electrons. The van der Waals surface area contributed by atoms with E-state index in [1.165, 1.54) is 0 Å². The van der Waals surface area contributed by atoms with E-state index in [-0.39, 0.29) is 11.9 Å². The van der Waals surface area contributed by atoms with Crippen LogP contribution in [0.5, 0.6) is 0 Å². The maximum atomic E-state index is 12.7. The lowest BCUT2D eigenvalue weighted by atomic mass is 10.0. The van der Waals surface area contributed by atoms with Gasteiger partial charge in [-0.05, 0) is 48.9 Å². The highest BCUT2D eigenvalue weighted by atomic mass is 35.5. The van der Waals surface area contributed by atoms with Gasteiger partial charge in [0, 0.05) is 41.8 Å². The highest BCUT2D eigenvalue weighted by molar-refractivity contribution is 6.30. The molecule has 1 atom stereocenters. The first-order chi connectivity index (χ1) is 13.5. The van der Waals surface area contributed by atoms with Crippen molar-refractivity contribution in [2.45, 2.75) is 13.0 Å². The summed E-state index contributed by atoms with van der Waals surface area (Å²) < 4.78 is 5.29. The summed E-state index contributed by atoms with van der Waals surface area (Å²) in [5.41, 5.74) is 1.44. The summed E-state index contributed by atoms with van der Waals surface area (Å²) in [6, 6.07) is 13.6. The van der Waals surface area contributed by atoms with Crippen LogP contribution >= 0.6 is 23.2 Å². The van der Waals surface area contributed by atoms with E-state index in [1.54, 1.807) is 48.2 Å². The van der Waals surface area contributed by atoms with Crippen LogP contribution in [0, 0.1) is 0 Å². The van der Waals surface area contributed by atoms with Gasteiger partial charge in [0.05, 0.1) is 6.61 Å². The Balaban J connectivity index is 1.71. The van der Waals surface area contributed by atoms with Crippen molar-refractivity contribution in [1.29, 1.82) is 0 Å². The number of halogens is 2. The second kappa shape index (κ2) is 9.41. The lowest BCUT2D eigenvalue weighted by molar-refractivity contribution is -0.150. The molecule has 1 aliphatic heterocycles. The molecular weight excluding hydrogens is 399 g/mol. The van der Waals surface area contributed by atoms with Gasteiger partial charge in [-0.15, -0.1) is 0 Å². The van der Waals surface area contributed by atoms with Gasteiger partial charge in [0.25, 0.3) is 5.91 Å². The van der Waals surface area contributed by atoms with Crippen molar-refractivity contribution in [2.24, 2.45) is 0 Å². The fourth-order valence-corrected chi connectivity index (χ4v) is 3.57. The van der Waals surface area contributed by atoms with Gasteiger partial charge in [-0.2, -0.15) is 0 Å². The summed E-state index contributed by atoms with van der Waals surface area (Å²) in [5.74, 6) is -0.321. The van der Waals surface area contributed by atoms with Gasteiger partial charge in [0.2, 0.25) is 0 Å². The van der Waals surface area contributed by atoms with E-state index < -0.39 is 6.04 Å². The number of nitrogens with zero attached hydrogens (tertiary/aromatic N) is 2. The molecule has 0 spiro atoms. The number of esters is 1. The smallest absolute Gasteiger partial charge is 0.328 e. The van der Waals surface area contributed by atoms with Crippen LogP contribution in [0.15, 0.2) is 48.5 Å². The molecule has 1 amide bonds. The molecule has 0 N–H and O–H groups in total. The van der Waals surface area contributed by atoms with E-state index >= 15 is 0 Å². The van der Waals surface area contributed by atoms with Crippen molar-refractivity contribution in [3.63, 3.8) is 0 Å².